The van der Waals surface area contributed by atoms with Crippen LogP contribution in [0.4, 0.5) is 0 Å². The third-order valence-corrected chi connectivity index (χ3v) is 3.72. The van der Waals surface area contributed by atoms with Gasteiger partial charge in [-0.2, -0.15) is 0 Å². The van der Waals surface area contributed by atoms with E-state index in [0.29, 0.717) is 0 Å². The van der Waals surface area contributed by atoms with E-state index in [9.17, 15) is 0 Å². The average Bonchev–Trinajstić information content (AvgIpc) is 2.43. The van der Waals surface area contributed by atoms with Crippen LogP contribution in [0.1, 0.15) is 96.8 Å². The van der Waals surface area contributed by atoms with Crippen LogP contribution < -0.4 is 5.73 Å². The Morgan fingerprint density at radius 2 is 1.00 bits per heavy atom. The molecule has 1 nitrogen and oxygen atoms in total. The molecule has 0 heterocycles. The molecule has 0 unspecified atom stereocenters. The summed E-state index contributed by atoms with van der Waals surface area (Å²) in [4.78, 5) is 0. The minimum absolute atomic E-state index is 0. The van der Waals surface area contributed by atoms with E-state index in [1.807, 2.05) is 0 Å². The fourth-order valence-corrected chi connectivity index (χ4v) is 2.39. The zero-order valence-electron chi connectivity index (χ0n) is 14.1. The zero-order valence-corrected chi connectivity index (χ0v) is 17.2. The first-order valence-electron chi connectivity index (χ1n) is 8.77. The number of nitrogens with two attached hydrogens (primary N) is 1. The van der Waals surface area contributed by atoms with Crippen molar-refractivity contribution in [2.24, 2.45) is 5.73 Å². The van der Waals surface area contributed by atoms with Crippen molar-refractivity contribution >= 4 is 17.1 Å². The van der Waals surface area contributed by atoms with Crippen molar-refractivity contribution in [1.29, 1.82) is 0 Å². The summed E-state index contributed by atoms with van der Waals surface area (Å²) in [5.41, 5.74) is 5.47. The second-order valence-electron chi connectivity index (χ2n) is 5.73. The van der Waals surface area contributed by atoms with Crippen LogP contribution in [0.25, 0.3) is 0 Å². The number of allylic oxidation sites excluding steroid dienone is 2. The van der Waals surface area contributed by atoms with Gasteiger partial charge in [-0.05, 0) is 38.6 Å². The van der Waals surface area contributed by atoms with E-state index in [0.717, 1.165) is 6.54 Å². The molecule has 0 saturated heterocycles. The molecule has 0 aliphatic heterocycles. The van der Waals surface area contributed by atoms with E-state index in [1.165, 1.54) is 89.9 Å². The Morgan fingerprint density at radius 3 is 1.43 bits per heavy atom. The maximum atomic E-state index is 5.47. The van der Waals surface area contributed by atoms with Gasteiger partial charge in [0.05, 0.1) is 0 Å². The number of unbranched alkanes of at least 4 members (excludes halogenated alkanes) is 12. The molecule has 21 heavy (non-hydrogen) atoms. The molecule has 0 amide bonds. The van der Waals surface area contributed by atoms with E-state index < -0.39 is 0 Å². The molecule has 133 valence electrons. The van der Waals surface area contributed by atoms with Gasteiger partial charge in [-0.15, -0.1) is 0 Å². The van der Waals surface area contributed by atoms with E-state index in [4.69, 9.17) is 5.73 Å². The van der Waals surface area contributed by atoms with Gasteiger partial charge in [0, 0.05) is 17.1 Å². The van der Waals surface area contributed by atoms with Crippen LogP contribution in [0.2, 0.25) is 0 Å². The summed E-state index contributed by atoms with van der Waals surface area (Å²) in [7, 11) is 0. The molecule has 0 saturated carbocycles. The Balaban J connectivity index is -0.00000162. The summed E-state index contributed by atoms with van der Waals surface area (Å²) in [6, 6.07) is 0. The standard InChI is InChI=1S/C18H37N.Cu.H2Se/c1-2-3-4-5-6-7-8-9-10-11-12-13-14-15-16-17-18-19;;/h9-10H,2-8,11-19H2,1H3;;1H2/b10-9-;;. The van der Waals surface area contributed by atoms with Crippen molar-refractivity contribution in [3.63, 3.8) is 0 Å². The summed E-state index contributed by atoms with van der Waals surface area (Å²) >= 11 is 0. The van der Waals surface area contributed by atoms with Gasteiger partial charge in [0.15, 0.2) is 0 Å². The van der Waals surface area contributed by atoms with Crippen LogP contribution in [0.5, 0.6) is 0 Å². The molecule has 0 bridgehead atoms. The molecule has 3 heteroatoms. The number of hydrogen-bond acceptors (Lipinski definition) is 1. The summed E-state index contributed by atoms with van der Waals surface area (Å²) < 4.78 is 0. The summed E-state index contributed by atoms with van der Waals surface area (Å²) in [6.45, 7) is 3.14. The van der Waals surface area contributed by atoms with Crippen molar-refractivity contribution in [3.05, 3.63) is 12.2 Å². The second kappa shape index (κ2) is 25.7. The third-order valence-electron chi connectivity index (χ3n) is 3.72. The van der Waals surface area contributed by atoms with Crippen LogP contribution in [0.3, 0.4) is 0 Å². The molecule has 0 aromatic rings. The van der Waals surface area contributed by atoms with Gasteiger partial charge < -0.3 is 5.73 Å². The van der Waals surface area contributed by atoms with Crippen LogP contribution in [-0.4, -0.2) is 23.6 Å². The Hall–Kier alpha value is 0.739. The average molecular weight is 412 g/mol. The summed E-state index contributed by atoms with van der Waals surface area (Å²) in [5, 5.41) is 0. The summed E-state index contributed by atoms with van der Waals surface area (Å²) in [6.07, 6.45) is 23.9. The molecule has 0 spiro atoms. The third kappa shape index (κ3) is 26.0. The van der Waals surface area contributed by atoms with E-state index in [2.05, 4.69) is 19.1 Å². The molecule has 0 aliphatic carbocycles. The molecule has 0 aliphatic rings. The monoisotopic (exact) mass is 412 g/mol. The Kier molecular flexibility index (Phi) is 32.6. The topological polar surface area (TPSA) is 26.0 Å². The predicted molar refractivity (Wildman–Crippen MR) is 97.1 cm³/mol. The van der Waals surface area contributed by atoms with Gasteiger partial charge in [-0.3, -0.25) is 0 Å². The van der Waals surface area contributed by atoms with E-state index in [1.54, 1.807) is 0 Å². The first kappa shape index (κ1) is 26.6. The van der Waals surface area contributed by atoms with Crippen LogP contribution in [0, 0.1) is 0 Å². The van der Waals surface area contributed by atoms with Gasteiger partial charge in [-0.1, -0.05) is 76.9 Å². The molecule has 2 N–H and O–H groups in total. The van der Waals surface area contributed by atoms with Crippen LogP contribution in [-0.2, 0) is 17.1 Å². The Morgan fingerprint density at radius 1 is 0.619 bits per heavy atom. The fraction of sp³-hybridized carbons (Fsp3) is 0.889. The van der Waals surface area contributed by atoms with Crippen molar-refractivity contribution < 1.29 is 17.1 Å². The first-order valence-corrected chi connectivity index (χ1v) is 8.77. The van der Waals surface area contributed by atoms with Gasteiger partial charge in [-0.25, -0.2) is 0 Å². The second-order valence-corrected chi connectivity index (χ2v) is 5.73. The molecule has 0 fully saturated rings. The SMILES string of the molecule is CCCCCCCC/C=C\CCCCCCCCN.[Cu].[SeH2]. The van der Waals surface area contributed by atoms with Gasteiger partial charge in [0.25, 0.3) is 0 Å². The van der Waals surface area contributed by atoms with E-state index >= 15 is 0 Å². The maximum absolute atomic E-state index is 5.47. The number of hydrogen-bond donors (Lipinski definition) is 1. The van der Waals surface area contributed by atoms with Crippen molar-refractivity contribution in [3.8, 4) is 0 Å². The summed E-state index contributed by atoms with van der Waals surface area (Å²) in [5.74, 6) is 0. The Bertz CT molecular complexity index is 186. The van der Waals surface area contributed by atoms with Crippen molar-refractivity contribution in [2.45, 2.75) is 96.8 Å². The van der Waals surface area contributed by atoms with Gasteiger partial charge in [0.1, 0.15) is 0 Å². The fourth-order valence-electron chi connectivity index (χ4n) is 2.39. The zero-order chi connectivity index (χ0) is 14.0. The molecule has 0 rings (SSSR count). The van der Waals surface area contributed by atoms with E-state index in [-0.39, 0.29) is 34.1 Å². The van der Waals surface area contributed by atoms with Gasteiger partial charge >= 0.3 is 17.1 Å². The van der Waals surface area contributed by atoms with Crippen molar-refractivity contribution in [2.75, 3.05) is 6.54 Å². The van der Waals surface area contributed by atoms with Crippen molar-refractivity contribution in [1.82, 2.24) is 0 Å². The molecule has 0 aromatic carbocycles. The number of rotatable bonds is 15. The quantitative estimate of drug-likeness (QED) is 0.227. The molecule has 0 atom stereocenters. The van der Waals surface area contributed by atoms with Crippen LogP contribution >= 0.6 is 0 Å². The van der Waals surface area contributed by atoms with Crippen LogP contribution in [0.15, 0.2) is 12.2 Å². The molecular formula is C18H39CuNSe. The molecule has 1 radical (unpaired) electrons. The minimum atomic E-state index is 0. The predicted octanol–water partition coefficient (Wildman–Crippen LogP) is 5.06. The Labute approximate surface area is 155 Å². The molecular weight excluding hydrogens is 373 g/mol. The normalized spacial score (nSPS) is 10.4. The van der Waals surface area contributed by atoms with Gasteiger partial charge in [0.2, 0.25) is 0 Å². The molecule has 0 aromatic heterocycles. The first-order chi connectivity index (χ1) is 9.41.